The zero-order chi connectivity index (χ0) is 12.4. The molecule has 0 aliphatic heterocycles. The average molecular weight is 240 g/mol. The number of allylic oxidation sites excluding steroid dienone is 3. The first kappa shape index (κ1) is 11.6. The molecule has 0 aromatic heterocycles. The van der Waals surface area contributed by atoms with Gasteiger partial charge >= 0.3 is 0 Å². The summed E-state index contributed by atoms with van der Waals surface area (Å²) in [7, 11) is 0. The minimum Gasteiger partial charge on any atom is -0.493 e. The van der Waals surface area contributed by atoms with Crippen LogP contribution in [-0.2, 0) is 0 Å². The highest BCUT2D eigenvalue weighted by Gasteiger charge is 2.35. The van der Waals surface area contributed by atoms with Gasteiger partial charge in [-0.1, -0.05) is 42.5 Å². The lowest BCUT2D eigenvalue weighted by Crippen LogP contribution is -2.16. The summed E-state index contributed by atoms with van der Waals surface area (Å²) in [5, 5.41) is 0. The lowest BCUT2D eigenvalue weighted by Gasteiger charge is -2.19. The molecule has 0 spiro atoms. The Kier molecular flexibility index (Phi) is 3.22. The SMILES string of the molecule is C/C=C/c1ccccc1OCC1CC2C=CC1C2. The van der Waals surface area contributed by atoms with E-state index in [-0.39, 0.29) is 0 Å². The topological polar surface area (TPSA) is 9.23 Å². The first-order chi connectivity index (χ1) is 8.86. The Hall–Kier alpha value is -1.50. The summed E-state index contributed by atoms with van der Waals surface area (Å²) in [5.74, 6) is 3.33. The Morgan fingerprint density at radius 3 is 2.83 bits per heavy atom. The van der Waals surface area contributed by atoms with Crippen LogP contribution in [0.1, 0.15) is 25.3 Å². The zero-order valence-electron chi connectivity index (χ0n) is 10.9. The summed E-state index contributed by atoms with van der Waals surface area (Å²) in [6.07, 6.45) is 11.6. The maximum absolute atomic E-state index is 6.04. The van der Waals surface area contributed by atoms with Crippen molar-refractivity contribution in [2.45, 2.75) is 19.8 Å². The standard InChI is InChI=1S/C17H20O/c1-2-5-14-6-3-4-7-17(14)18-12-16-11-13-8-9-15(16)10-13/h2-9,13,15-16H,10-12H2,1H3/b5-2+. The molecule has 3 unspecified atom stereocenters. The summed E-state index contributed by atoms with van der Waals surface area (Å²) in [5.41, 5.74) is 1.18. The lowest BCUT2D eigenvalue weighted by molar-refractivity contribution is 0.227. The van der Waals surface area contributed by atoms with Gasteiger partial charge in [-0.25, -0.2) is 0 Å². The van der Waals surface area contributed by atoms with Crippen molar-refractivity contribution >= 4 is 6.08 Å². The van der Waals surface area contributed by atoms with Crippen LogP contribution in [-0.4, -0.2) is 6.61 Å². The molecule has 0 N–H and O–H groups in total. The predicted molar refractivity (Wildman–Crippen MR) is 75.5 cm³/mol. The van der Waals surface area contributed by atoms with Crippen molar-refractivity contribution < 1.29 is 4.74 Å². The van der Waals surface area contributed by atoms with E-state index < -0.39 is 0 Å². The second-order valence-corrected chi connectivity index (χ2v) is 5.39. The van der Waals surface area contributed by atoms with Crippen molar-refractivity contribution in [1.29, 1.82) is 0 Å². The van der Waals surface area contributed by atoms with Crippen LogP contribution in [0, 0.1) is 17.8 Å². The first-order valence-corrected chi connectivity index (χ1v) is 6.89. The fraction of sp³-hybridized carbons (Fsp3) is 0.412. The van der Waals surface area contributed by atoms with E-state index in [1.165, 1.54) is 18.4 Å². The van der Waals surface area contributed by atoms with Gasteiger partial charge in [-0.15, -0.1) is 0 Å². The molecule has 2 bridgehead atoms. The molecule has 0 heterocycles. The Morgan fingerprint density at radius 1 is 1.22 bits per heavy atom. The number of rotatable bonds is 4. The molecular weight excluding hydrogens is 220 g/mol. The fourth-order valence-corrected chi connectivity index (χ4v) is 3.21. The van der Waals surface area contributed by atoms with E-state index in [0.29, 0.717) is 0 Å². The van der Waals surface area contributed by atoms with Gasteiger partial charge in [0.1, 0.15) is 5.75 Å². The van der Waals surface area contributed by atoms with Gasteiger partial charge in [0.15, 0.2) is 0 Å². The van der Waals surface area contributed by atoms with E-state index in [9.17, 15) is 0 Å². The quantitative estimate of drug-likeness (QED) is 0.712. The van der Waals surface area contributed by atoms with E-state index in [4.69, 9.17) is 4.74 Å². The molecule has 1 saturated carbocycles. The molecule has 18 heavy (non-hydrogen) atoms. The van der Waals surface area contributed by atoms with Crippen LogP contribution in [0.2, 0.25) is 0 Å². The third-order valence-corrected chi connectivity index (χ3v) is 4.13. The van der Waals surface area contributed by atoms with Gasteiger partial charge in [0, 0.05) is 5.56 Å². The van der Waals surface area contributed by atoms with Crippen LogP contribution < -0.4 is 4.74 Å². The highest BCUT2D eigenvalue weighted by Crippen LogP contribution is 2.43. The normalized spacial score (nSPS) is 29.3. The van der Waals surface area contributed by atoms with Crippen LogP contribution in [0.3, 0.4) is 0 Å². The second-order valence-electron chi connectivity index (χ2n) is 5.39. The summed E-state index contributed by atoms with van der Waals surface area (Å²) in [4.78, 5) is 0. The third-order valence-electron chi connectivity index (χ3n) is 4.13. The molecule has 0 radical (unpaired) electrons. The summed E-state index contributed by atoms with van der Waals surface area (Å²) < 4.78 is 6.04. The minimum atomic E-state index is 0.721. The number of fused-ring (bicyclic) bond motifs is 2. The first-order valence-electron chi connectivity index (χ1n) is 6.89. The Morgan fingerprint density at radius 2 is 2.11 bits per heavy atom. The summed E-state index contributed by atoms with van der Waals surface area (Å²) >= 11 is 0. The van der Waals surface area contributed by atoms with Gasteiger partial charge < -0.3 is 4.74 Å². The number of ether oxygens (including phenoxy) is 1. The van der Waals surface area contributed by atoms with Crippen LogP contribution in [0.15, 0.2) is 42.5 Å². The molecule has 2 aliphatic carbocycles. The molecule has 1 nitrogen and oxygen atoms in total. The van der Waals surface area contributed by atoms with Crippen molar-refractivity contribution in [3.8, 4) is 5.75 Å². The van der Waals surface area contributed by atoms with Crippen molar-refractivity contribution in [3.63, 3.8) is 0 Å². The molecule has 3 atom stereocenters. The van der Waals surface area contributed by atoms with E-state index in [1.54, 1.807) is 0 Å². The van der Waals surface area contributed by atoms with Gasteiger partial charge in [0.25, 0.3) is 0 Å². The summed E-state index contributed by atoms with van der Waals surface area (Å²) in [6.45, 7) is 2.90. The fourth-order valence-electron chi connectivity index (χ4n) is 3.21. The number of hydrogen-bond acceptors (Lipinski definition) is 1. The monoisotopic (exact) mass is 240 g/mol. The molecule has 3 rings (SSSR count). The van der Waals surface area contributed by atoms with Crippen molar-refractivity contribution in [3.05, 3.63) is 48.1 Å². The molecule has 1 heteroatoms. The Balaban J connectivity index is 1.65. The third kappa shape index (κ3) is 2.22. The molecule has 1 fully saturated rings. The molecule has 0 saturated heterocycles. The van der Waals surface area contributed by atoms with Crippen molar-refractivity contribution in [2.75, 3.05) is 6.61 Å². The minimum absolute atomic E-state index is 0.721. The van der Waals surface area contributed by atoms with Crippen LogP contribution in [0.4, 0.5) is 0 Å². The van der Waals surface area contributed by atoms with Crippen molar-refractivity contribution in [1.82, 2.24) is 0 Å². The summed E-state index contributed by atoms with van der Waals surface area (Å²) in [6, 6.07) is 8.28. The van der Waals surface area contributed by atoms with Crippen LogP contribution in [0.5, 0.6) is 5.75 Å². The highest BCUT2D eigenvalue weighted by atomic mass is 16.5. The van der Waals surface area contributed by atoms with Gasteiger partial charge in [-0.05, 0) is 43.6 Å². The Labute approximate surface area is 109 Å². The average Bonchev–Trinajstić information content (AvgIpc) is 3.00. The molecule has 0 amide bonds. The molecule has 2 aliphatic rings. The van der Waals surface area contributed by atoms with E-state index in [2.05, 4.69) is 42.5 Å². The van der Waals surface area contributed by atoms with Gasteiger partial charge in [-0.2, -0.15) is 0 Å². The molecule has 94 valence electrons. The number of hydrogen-bond donors (Lipinski definition) is 0. The van der Waals surface area contributed by atoms with E-state index in [0.717, 1.165) is 30.1 Å². The molecule has 1 aromatic rings. The lowest BCUT2D eigenvalue weighted by atomic mass is 9.94. The number of para-hydroxylation sites is 1. The van der Waals surface area contributed by atoms with Gasteiger partial charge in [0.2, 0.25) is 0 Å². The van der Waals surface area contributed by atoms with Crippen LogP contribution >= 0.6 is 0 Å². The van der Waals surface area contributed by atoms with E-state index >= 15 is 0 Å². The number of benzene rings is 1. The predicted octanol–water partition coefficient (Wildman–Crippen LogP) is 4.31. The van der Waals surface area contributed by atoms with Gasteiger partial charge in [0.05, 0.1) is 6.61 Å². The molecular formula is C17H20O. The highest BCUT2D eigenvalue weighted by molar-refractivity contribution is 5.56. The van der Waals surface area contributed by atoms with Gasteiger partial charge in [-0.3, -0.25) is 0 Å². The molecule has 1 aromatic carbocycles. The van der Waals surface area contributed by atoms with Crippen molar-refractivity contribution in [2.24, 2.45) is 17.8 Å². The smallest absolute Gasteiger partial charge is 0.126 e. The zero-order valence-corrected chi connectivity index (χ0v) is 10.9. The van der Waals surface area contributed by atoms with Crippen LogP contribution in [0.25, 0.3) is 6.08 Å². The maximum atomic E-state index is 6.04. The maximum Gasteiger partial charge on any atom is 0.126 e. The van der Waals surface area contributed by atoms with E-state index in [1.807, 2.05) is 13.0 Å². The Bertz CT molecular complexity index is 472. The second kappa shape index (κ2) is 5.01. The largest absolute Gasteiger partial charge is 0.493 e.